The summed E-state index contributed by atoms with van der Waals surface area (Å²) >= 11 is 0. The molecule has 0 aliphatic heterocycles. The van der Waals surface area contributed by atoms with Gasteiger partial charge >= 0.3 is 0 Å². The minimum absolute atomic E-state index is 0.00185. The van der Waals surface area contributed by atoms with Crippen LogP contribution in [0.25, 0.3) is 11.5 Å². The second kappa shape index (κ2) is 4.37. The minimum atomic E-state index is -0.00185. The smallest absolute Gasteiger partial charge is 0.254 e. The number of nitrogens with zero attached hydrogens (tertiary/aromatic N) is 2. The number of hydrogen-bond donors (Lipinski definition) is 1. The number of hydrogen-bond acceptors (Lipinski definition) is 3. The van der Waals surface area contributed by atoms with E-state index >= 15 is 0 Å². The molecule has 1 aliphatic carbocycles. The lowest BCUT2D eigenvalue weighted by Gasteiger charge is -2.14. The Labute approximate surface area is 105 Å². The van der Waals surface area contributed by atoms with Crippen molar-refractivity contribution in [3.05, 3.63) is 45.5 Å². The first-order valence-electron chi connectivity index (χ1n) is 6.29. The third kappa shape index (κ3) is 1.94. The van der Waals surface area contributed by atoms with Gasteiger partial charge in [-0.1, -0.05) is 0 Å². The van der Waals surface area contributed by atoms with E-state index in [2.05, 4.69) is 15.0 Å². The molecule has 0 spiro atoms. The van der Waals surface area contributed by atoms with Gasteiger partial charge in [0, 0.05) is 11.8 Å². The third-order valence-electron chi connectivity index (χ3n) is 3.35. The predicted octanol–water partition coefficient (Wildman–Crippen LogP) is 2.02. The van der Waals surface area contributed by atoms with Crippen LogP contribution in [0.3, 0.4) is 0 Å². The number of pyridine rings is 1. The molecule has 2 aromatic rings. The van der Waals surface area contributed by atoms with Gasteiger partial charge in [0.25, 0.3) is 5.56 Å². The molecule has 0 bridgehead atoms. The van der Waals surface area contributed by atoms with Crippen molar-refractivity contribution in [2.45, 2.75) is 32.6 Å². The average Bonchev–Trinajstić information content (AvgIpc) is 2.39. The number of H-pyrrole nitrogens is 1. The molecule has 1 aliphatic rings. The van der Waals surface area contributed by atoms with Gasteiger partial charge in [-0.05, 0) is 50.3 Å². The van der Waals surface area contributed by atoms with E-state index < -0.39 is 0 Å². The van der Waals surface area contributed by atoms with Crippen LogP contribution in [0.1, 0.15) is 29.7 Å². The quantitative estimate of drug-likeness (QED) is 0.831. The molecular weight excluding hydrogens is 226 g/mol. The zero-order valence-corrected chi connectivity index (χ0v) is 10.4. The molecule has 0 saturated carbocycles. The zero-order valence-electron chi connectivity index (χ0n) is 10.4. The summed E-state index contributed by atoms with van der Waals surface area (Å²) in [6.07, 6.45) is 5.69. The first-order valence-corrected chi connectivity index (χ1v) is 6.29. The summed E-state index contributed by atoms with van der Waals surface area (Å²) in [5.74, 6) is 0.587. The van der Waals surface area contributed by atoms with Crippen LogP contribution in [0.5, 0.6) is 0 Å². The van der Waals surface area contributed by atoms with Crippen molar-refractivity contribution < 1.29 is 0 Å². The molecule has 0 aromatic carbocycles. The zero-order chi connectivity index (χ0) is 12.5. The summed E-state index contributed by atoms with van der Waals surface area (Å²) in [6, 6.07) is 3.87. The van der Waals surface area contributed by atoms with E-state index in [4.69, 9.17) is 0 Å². The van der Waals surface area contributed by atoms with Gasteiger partial charge in [0.1, 0.15) is 5.69 Å². The maximum Gasteiger partial charge on any atom is 0.254 e. The van der Waals surface area contributed by atoms with Crippen molar-refractivity contribution in [3.8, 4) is 11.5 Å². The van der Waals surface area contributed by atoms with E-state index in [1.807, 2.05) is 19.1 Å². The molecule has 18 heavy (non-hydrogen) atoms. The molecule has 4 heteroatoms. The van der Waals surface area contributed by atoms with Crippen molar-refractivity contribution >= 4 is 0 Å². The molecule has 2 heterocycles. The molecule has 0 radical (unpaired) electrons. The van der Waals surface area contributed by atoms with Gasteiger partial charge in [0.05, 0.1) is 5.69 Å². The second-order valence-corrected chi connectivity index (χ2v) is 4.77. The normalized spacial score (nSPS) is 14.3. The van der Waals surface area contributed by atoms with Crippen molar-refractivity contribution in [2.24, 2.45) is 0 Å². The van der Waals surface area contributed by atoms with Crippen LogP contribution in [-0.4, -0.2) is 15.0 Å². The van der Waals surface area contributed by atoms with Gasteiger partial charge in [0.2, 0.25) is 0 Å². The fourth-order valence-electron chi connectivity index (χ4n) is 2.39. The average molecular weight is 241 g/mol. The summed E-state index contributed by atoms with van der Waals surface area (Å²) in [5, 5.41) is 0. The Balaban J connectivity index is 2.14. The number of fused-ring (bicyclic) bond motifs is 1. The molecule has 3 rings (SSSR count). The Bertz CT molecular complexity index is 646. The Kier molecular flexibility index (Phi) is 2.70. The van der Waals surface area contributed by atoms with Gasteiger partial charge < -0.3 is 4.98 Å². The summed E-state index contributed by atoms with van der Waals surface area (Å²) in [4.78, 5) is 23.7. The maximum atomic E-state index is 12.0. The lowest BCUT2D eigenvalue weighted by atomic mass is 9.97. The number of nitrogens with one attached hydrogen (secondary N) is 1. The number of rotatable bonds is 1. The fraction of sp³-hybridized carbons (Fsp3) is 0.357. The topological polar surface area (TPSA) is 58.6 Å². The number of aromatic amines is 1. The lowest BCUT2D eigenvalue weighted by molar-refractivity contribution is 0.657. The van der Waals surface area contributed by atoms with E-state index in [1.54, 1.807) is 6.20 Å². The van der Waals surface area contributed by atoms with Crippen LogP contribution in [-0.2, 0) is 12.8 Å². The fourth-order valence-corrected chi connectivity index (χ4v) is 2.39. The molecule has 4 nitrogen and oxygen atoms in total. The van der Waals surface area contributed by atoms with Crippen LogP contribution in [0.4, 0.5) is 0 Å². The third-order valence-corrected chi connectivity index (χ3v) is 3.35. The van der Waals surface area contributed by atoms with Crippen LogP contribution < -0.4 is 5.56 Å². The molecule has 0 fully saturated rings. The van der Waals surface area contributed by atoms with Gasteiger partial charge in [-0.3, -0.25) is 9.78 Å². The second-order valence-electron chi connectivity index (χ2n) is 4.77. The van der Waals surface area contributed by atoms with E-state index in [9.17, 15) is 4.79 Å². The van der Waals surface area contributed by atoms with E-state index in [1.165, 1.54) is 0 Å². The monoisotopic (exact) mass is 241 g/mol. The molecule has 0 saturated heterocycles. The highest BCUT2D eigenvalue weighted by Crippen LogP contribution is 2.19. The largest absolute Gasteiger partial charge is 0.305 e. The predicted molar refractivity (Wildman–Crippen MR) is 69.5 cm³/mol. The molecule has 2 aromatic heterocycles. The highest BCUT2D eigenvalue weighted by molar-refractivity contribution is 5.50. The summed E-state index contributed by atoms with van der Waals surface area (Å²) < 4.78 is 0. The van der Waals surface area contributed by atoms with Gasteiger partial charge in [0.15, 0.2) is 5.82 Å². The van der Waals surface area contributed by atoms with Crippen molar-refractivity contribution in [2.75, 3.05) is 0 Å². The standard InChI is InChI=1S/C14H15N3O/c1-9-6-7-15-12(8-9)13-16-11-5-3-2-4-10(11)14(18)17-13/h6-8H,2-5H2,1H3,(H,16,17,18). The summed E-state index contributed by atoms with van der Waals surface area (Å²) in [7, 11) is 0. The van der Waals surface area contributed by atoms with Crippen molar-refractivity contribution in [1.29, 1.82) is 0 Å². The van der Waals surface area contributed by atoms with E-state index in [-0.39, 0.29) is 5.56 Å². The Morgan fingerprint density at radius 1 is 1.28 bits per heavy atom. The number of aryl methyl sites for hydroxylation is 2. The van der Waals surface area contributed by atoms with Gasteiger partial charge in [-0.2, -0.15) is 0 Å². The Hall–Kier alpha value is -1.97. The van der Waals surface area contributed by atoms with Crippen molar-refractivity contribution in [1.82, 2.24) is 15.0 Å². The highest BCUT2D eigenvalue weighted by atomic mass is 16.1. The Morgan fingerprint density at radius 2 is 2.11 bits per heavy atom. The van der Waals surface area contributed by atoms with E-state index in [0.29, 0.717) is 5.82 Å². The van der Waals surface area contributed by atoms with Crippen LogP contribution in [0.15, 0.2) is 23.1 Å². The molecule has 0 unspecified atom stereocenters. The molecular formula is C14H15N3O. The first kappa shape index (κ1) is 11.1. The van der Waals surface area contributed by atoms with Gasteiger partial charge in [-0.15, -0.1) is 0 Å². The highest BCUT2D eigenvalue weighted by Gasteiger charge is 2.16. The minimum Gasteiger partial charge on any atom is -0.305 e. The van der Waals surface area contributed by atoms with Gasteiger partial charge in [-0.25, -0.2) is 4.98 Å². The molecule has 0 amide bonds. The first-order chi connectivity index (χ1) is 8.74. The molecule has 0 atom stereocenters. The van der Waals surface area contributed by atoms with Crippen LogP contribution >= 0.6 is 0 Å². The number of aromatic nitrogens is 3. The lowest BCUT2D eigenvalue weighted by Crippen LogP contribution is -2.21. The summed E-state index contributed by atoms with van der Waals surface area (Å²) in [5.41, 5.74) is 3.65. The van der Waals surface area contributed by atoms with Crippen molar-refractivity contribution in [3.63, 3.8) is 0 Å². The Morgan fingerprint density at radius 3 is 2.94 bits per heavy atom. The van der Waals surface area contributed by atoms with Crippen LogP contribution in [0.2, 0.25) is 0 Å². The maximum absolute atomic E-state index is 12.0. The summed E-state index contributed by atoms with van der Waals surface area (Å²) in [6.45, 7) is 2.00. The van der Waals surface area contributed by atoms with E-state index in [0.717, 1.165) is 48.2 Å². The molecule has 92 valence electrons. The van der Waals surface area contributed by atoms with Crippen LogP contribution in [0, 0.1) is 6.92 Å². The molecule has 1 N–H and O–H groups in total. The SMILES string of the molecule is Cc1ccnc(-c2nc3c(c(=O)[nH]2)CCCC3)c1.